The number of thioether (sulfide) groups is 1. The van der Waals surface area contributed by atoms with Crippen molar-refractivity contribution in [2.75, 3.05) is 11.9 Å². The van der Waals surface area contributed by atoms with Gasteiger partial charge in [0.25, 0.3) is 5.22 Å². The van der Waals surface area contributed by atoms with E-state index in [1.165, 1.54) is 11.8 Å². The smallest absolute Gasteiger partial charge is 0.256 e. The number of oxazole rings is 1. The average Bonchev–Trinajstić information content (AvgIpc) is 2.73. The Hall–Kier alpha value is -1.56. The lowest BCUT2D eigenvalue weighted by molar-refractivity contribution is 0.431. The summed E-state index contributed by atoms with van der Waals surface area (Å²) in [4.78, 5) is 13.3. The average molecular weight is 292 g/mol. The van der Waals surface area contributed by atoms with Gasteiger partial charge in [0.15, 0.2) is 0 Å². The van der Waals surface area contributed by atoms with Crippen LogP contribution in [0.1, 0.15) is 36.3 Å². The molecular formula is C14H20N4OS. The lowest BCUT2D eigenvalue weighted by Gasteiger charge is -2.06. The standard InChI is InChI=1S/C14H20N4OS/c1-5-6-15-12-7-9(2)16-13(18-12)8-20-14-17-10(3)11(4)19-14/h7H,5-6,8H2,1-4H3,(H,15,16,18). The maximum atomic E-state index is 5.54. The summed E-state index contributed by atoms with van der Waals surface area (Å²) in [5, 5.41) is 3.96. The molecule has 0 saturated carbocycles. The highest BCUT2D eigenvalue weighted by Crippen LogP contribution is 2.23. The topological polar surface area (TPSA) is 63.8 Å². The minimum atomic E-state index is 0.655. The van der Waals surface area contributed by atoms with E-state index in [4.69, 9.17) is 4.42 Å². The number of aryl methyl sites for hydroxylation is 3. The lowest BCUT2D eigenvalue weighted by Crippen LogP contribution is -2.05. The van der Waals surface area contributed by atoms with Gasteiger partial charge in [-0.1, -0.05) is 18.7 Å². The molecule has 0 amide bonds. The van der Waals surface area contributed by atoms with Gasteiger partial charge in [0.05, 0.1) is 11.4 Å². The molecule has 0 bridgehead atoms. The van der Waals surface area contributed by atoms with Crippen LogP contribution in [0, 0.1) is 20.8 Å². The summed E-state index contributed by atoms with van der Waals surface area (Å²) < 4.78 is 5.54. The zero-order chi connectivity index (χ0) is 14.5. The van der Waals surface area contributed by atoms with Crippen LogP contribution in [-0.2, 0) is 5.75 Å². The predicted molar refractivity (Wildman–Crippen MR) is 81.1 cm³/mol. The Kier molecular flexibility index (Phi) is 5.00. The summed E-state index contributed by atoms with van der Waals surface area (Å²) in [6.45, 7) is 8.89. The number of hydrogen-bond donors (Lipinski definition) is 1. The van der Waals surface area contributed by atoms with Gasteiger partial charge in [-0.15, -0.1) is 0 Å². The molecule has 20 heavy (non-hydrogen) atoms. The molecule has 0 fully saturated rings. The van der Waals surface area contributed by atoms with Gasteiger partial charge in [-0.3, -0.25) is 0 Å². The number of anilines is 1. The molecule has 0 saturated heterocycles. The summed E-state index contributed by atoms with van der Waals surface area (Å²) in [6, 6.07) is 1.96. The van der Waals surface area contributed by atoms with E-state index in [-0.39, 0.29) is 0 Å². The zero-order valence-corrected chi connectivity index (χ0v) is 13.2. The second kappa shape index (κ2) is 6.74. The Labute approximate surface area is 123 Å². The molecule has 0 spiro atoms. The van der Waals surface area contributed by atoms with Crippen LogP contribution in [0.5, 0.6) is 0 Å². The molecular weight excluding hydrogens is 272 g/mol. The molecule has 2 aromatic heterocycles. The SMILES string of the molecule is CCCNc1cc(C)nc(CSc2nc(C)c(C)o2)n1. The molecule has 0 unspecified atom stereocenters. The van der Waals surface area contributed by atoms with Gasteiger partial charge in [-0.25, -0.2) is 15.0 Å². The maximum absolute atomic E-state index is 5.54. The summed E-state index contributed by atoms with van der Waals surface area (Å²) in [7, 11) is 0. The van der Waals surface area contributed by atoms with Crippen molar-refractivity contribution in [2.45, 2.75) is 45.1 Å². The molecule has 2 aromatic rings. The molecule has 1 N–H and O–H groups in total. The third kappa shape index (κ3) is 3.96. The van der Waals surface area contributed by atoms with Gasteiger partial charge < -0.3 is 9.73 Å². The molecule has 108 valence electrons. The van der Waals surface area contributed by atoms with Gasteiger partial charge in [0.2, 0.25) is 0 Å². The number of rotatable bonds is 6. The van der Waals surface area contributed by atoms with Gasteiger partial charge >= 0.3 is 0 Å². The lowest BCUT2D eigenvalue weighted by atomic mass is 10.4. The molecule has 0 aliphatic heterocycles. The first-order valence-electron chi connectivity index (χ1n) is 6.73. The third-order valence-electron chi connectivity index (χ3n) is 2.79. The van der Waals surface area contributed by atoms with Crippen molar-refractivity contribution >= 4 is 17.6 Å². The Bertz CT molecular complexity index is 563. The second-order valence-electron chi connectivity index (χ2n) is 4.65. The maximum Gasteiger partial charge on any atom is 0.256 e. The molecule has 6 heteroatoms. The quantitative estimate of drug-likeness (QED) is 0.822. The first kappa shape index (κ1) is 14.8. The number of nitrogens with zero attached hydrogens (tertiary/aromatic N) is 3. The van der Waals surface area contributed by atoms with E-state index in [1.54, 1.807) is 0 Å². The molecule has 0 aliphatic carbocycles. The molecule has 0 radical (unpaired) electrons. The van der Waals surface area contributed by atoms with Crippen LogP contribution in [-0.4, -0.2) is 21.5 Å². The van der Waals surface area contributed by atoms with Crippen LogP contribution in [0.3, 0.4) is 0 Å². The minimum Gasteiger partial charge on any atom is -0.437 e. The first-order chi connectivity index (χ1) is 9.58. The van der Waals surface area contributed by atoms with Crippen molar-refractivity contribution in [3.63, 3.8) is 0 Å². The van der Waals surface area contributed by atoms with E-state index < -0.39 is 0 Å². The fraction of sp³-hybridized carbons (Fsp3) is 0.500. The van der Waals surface area contributed by atoms with E-state index in [0.717, 1.165) is 41.8 Å². The van der Waals surface area contributed by atoms with Crippen molar-refractivity contribution < 1.29 is 4.42 Å². The predicted octanol–water partition coefficient (Wildman–Crippen LogP) is 3.50. The van der Waals surface area contributed by atoms with Crippen molar-refractivity contribution in [1.82, 2.24) is 15.0 Å². The highest BCUT2D eigenvalue weighted by molar-refractivity contribution is 7.98. The first-order valence-corrected chi connectivity index (χ1v) is 7.72. The van der Waals surface area contributed by atoms with E-state index in [2.05, 4.69) is 27.2 Å². The van der Waals surface area contributed by atoms with Crippen LogP contribution in [0.15, 0.2) is 15.7 Å². The largest absolute Gasteiger partial charge is 0.437 e. The van der Waals surface area contributed by atoms with E-state index in [1.807, 2.05) is 26.8 Å². The van der Waals surface area contributed by atoms with E-state index >= 15 is 0 Å². The summed E-state index contributed by atoms with van der Waals surface area (Å²) in [5.74, 6) is 3.20. The molecule has 0 aliphatic rings. The van der Waals surface area contributed by atoms with Crippen LogP contribution in [0.2, 0.25) is 0 Å². The van der Waals surface area contributed by atoms with Crippen molar-refractivity contribution in [3.05, 3.63) is 29.0 Å². The van der Waals surface area contributed by atoms with Gasteiger partial charge in [0, 0.05) is 18.3 Å². The summed E-state index contributed by atoms with van der Waals surface area (Å²) >= 11 is 1.52. The van der Waals surface area contributed by atoms with Crippen LogP contribution >= 0.6 is 11.8 Å². The van der Waals surface area contributed by atoms with E-state index in [9.17, 15) is 0 Å². The minimum absolute atomic E-state index is 0.655. The van der Waals surface area contributed by atoms with Crippen LogP contribution < -0.4 is 5.32 Å². The molecule has 2 heterocycles. The second-order valence-corrected chi connectivity index (χ2v) is 5.57. The summed E-state index contributed by atoms with van der Waals surface area (Å²) in [5.41, 5.74) is 1.90. The fourth-order valence-electron chi connectivity index (χ4n) is 1.67. The highest BCUT2D eigenvalue weighted by atomic mass is 32.2. The normalized spacial score (nSPS) is 10.8. The third-order valence-corrected chi connectivity index (χ3v) is 3.61. The van der Waals surface area contributed by atoms with Crippen molar-refractivity contribution in [2.24, 2.45) is 0 Å². The molecule has 0 atom stereocenters. The summed E-state index contributed by atoms with van der Waals surface area (Å²) in [6.07, 6.45) is 1.07. The number of hydrogen-bond acceptors (Lipinski definition) is 6. The zero-order valence-electron chi connectivity index (χ0n) is 12.4. The van der Waals surface area contributed by atoms with Gasteiger partial charge in [0.1, 0.15) is 17.4 Å². The Morgan fingerprint density at radius 1 is 1.20 bits per heavy atom. The Morgan fingerprint density at radius 2 is 2.00 bits per heavy atom. The monoisotopic (exact) mass is 292 g/mol. The van der Waals surface area contributed by atoms with Gasteiger partial charge in [-0.2, -0.15) is 0 Å². The van der Waals surface area contributed by atoms with Crippen molar-refractivity contribution in [3.8, 4) is 0 Å². The van der Waals surface area contributed by atoms with E-state index in [0.29, 0.717) is 11.0 Å². The number of aromatic nitrogens is 3. The fourth-order valence-corrected chi connectivity index (χ4v) is 2.44. The Morgan fingerprint density at radius 3 is 2.65 bits per heavy atom. The van der Waals surface area contributed by atoms with Crippen molar-refractivity contribution in [1.29, 1.82) is 0 Å². The van der Waals surface area contributed by atoms with Gasteiger partial charge in [-0.05, 0) is 27.2 Å². The molecule has 5 nitrogen and oxygen atoms in total. The molecule has 0 aromatic carbocycles. The highest BCUT2D eigenvalue weighted by Gasteiger charge is 2.08. The van der Waals surface area contributed by atoms with Crippen LogP contribution in [0.25, 0.3) is 0 Å². The Balaban J connectivity index is 2.03. The van der Waals surface area contributed by atoms with Crippen LogP contribution in [0.4, 0.5) is 5.82 Å². The molecule has 2 rings (SSSR count). The number of nitrogens with one attached hydrogen (secondary N) is 1.